The number of aromatic nitrogens is 2. The molecule has 3 aromatic carbocycles. The number of H-pyrrole nitrogens is 1. The second-order valence-electron chi connectivity index (χ2n) is 11.4. The molecule has 0 radical (unpaired) electrons. The number of carbonyl (C=O) groups is 3. The number of benzene rings is 3. The first-order valence-electron chi connectivity index (χ1n) is 15.2. The van der Waals surface area contributed by atoms with E-state index in [4.69, 9.17) is 5.73 Å². The molecule has 1 aliphatic rings. The summed E-state index contributed by atoms with van der Waals surface area (Å²) in [5, 5.41) is 9.06. The van der Waals surface area contributed by atoms with Gasteiger partial charge in [0.1, 0.15) is 0 Å². The predicted molar refractivity (Wildman–Crippen MR) is 179 cm³/mol. The number of thiazole rings is 1. The minimum Gasteiger partial charge on any atom is -0.366 e. The number of likely N-dealkylation sites (tertiary alicyclic amines) is 1. The van der Waals surface area contributed by atoms with Crippen LogP contribution in [0.5, 0.6) is 0 Å². The molecule has 5 N–H and O–H groups in total. The van der Waals surface area contributed by atoms with Crippen LogP contribution in [0, 0.1) is 6.92 Å². The van der Waals surface area contributed by atoms with Gasteiger partial charge in [-0.2, -0.15) is 0 Å². The minimum atomic E-state index is -0.532. The first kappa shape index (κ1) is 30.2. The SMILES string of the molecule is Cc1c(NC(=O)c2nccs2)cccc1-c1ccc(C(N)=O)c2[nH]c(-c3ccccc3CNC(=O)CCN3CCCCC3)cc12. The summed E-state index contributed by atoms with van der Waals surface area (Å²) in [6, 6.07) is 19.3. The standard InChI is InChI=1S/C35H36N6O3S/c1-22-24(10-7-11-29(22)40-34(44)35-37-15-19-45-35)26-12-13-27(33(36)43)32-28(26)20-30(39-32)25-9-4-3-8-23(25)21-38-31(42)14-18-41-16-5-2-6-17-41/h3-4,7-13,15,19-20,39H,2,5-6,14,16-18,21H2,1H3,(H2,36,43)(H,38,42)(H,40,44). The Labute approximate surface area is 265 Å². The van der Waals surface area contributed by atoms with Crippen molar-refractivity contribution in [2.75, 3.05) is 25.0 Å². The molecule has 1 saturated heterocycles. The van der Waals surface area contributed by atoms with Crippen molar-refractivity contribution < 1.29 is 14.4 Å². The van der Waals surface area contributed by atoms with Crippen LogP contribution in [0.4, 0.5) is 5.69 Å². The van der Waals surface area contributed by atoms with Crippen molar-refractivity contribution in [1.29, 1.82) is 0 Å². The quantitative estimate of drug-likeness (QED) is 0.150. The van der Waals surface area contributed by atoms with Gasteiger partial charge in [0.2, 0.25) is 5.91 Å². The second kappa shape index (κ2) is 13.5. The summed E-state index contributed by atoms with van der Waals surface area (Å²) >= 11 is 1.28. The van der Waals surface area contributed by atoms with E-state index in [1.165, 1.54) is 30.6 Å². The zero-order chi connectivity index (χ0) is 31.3. The molecular formula is C35H36N6O3S. The van der Waals surface area contributed by atoms with E-state index in [2.05, 4.69) is 25.5 Å². The lowest BCUT2D eigenvalue weighted by molar-refractivity contribution is -0.121. The largest absolute Gasteiger partial charge is 0.366 e. The number of nitrogens with zero attached hydrogens (tertiary/aromatic N) is 2. The molecule has 10 heteroatoms. The number of aromatic amines is 1. The van der Waals surface area contributed by atoms with E-state index in [0.29, 0.717) is 34.7 Å². The van der Waals surface area contributed by atoms with E-state index in [0.717, 1.165) is 58.5 Å². The zero-order valence-electron chi connectivity index (χ0n) is 25.2. The average Bonchev–Trinajstić information content (AvgIpc) is 3.75. The minimum absolute atomic E-state index is 0.0302. The van der Waals surface area contributed by atoms with E-state index in [-0.39, 0.29) is 11.8 Å². The van der Waals surface area contributed by atoms with Crippen LogP contribution in [0.1, 0.15) is 57.0 Å². The molecule has 2 aromatic heterocycles. The molecule has 9 nitrogen and oxygen atoms in total. The van der Waals surface area contributed by atoms with Gasteiger partial charge in [-0.25, -0.2) is 4.98 Å². The van der Waals surface area contributed by atoms with Crippen LogP contribution >= 0.6 is 11.3 Å². The van der Waals surface area contributed by atoms with Crippen molar-refractivity contribution >= 4 is 45.6 Å². The number of nitrogens with one attached hydrogen (secondary N) is 3. The zero-order valence-corrected chi connectivity index (χ0v) is 26.0. The molecule has 3 amide bonds. The molecule has 3 heterocycles. The number of carbonyl (C=O) groups excluding carboxylic acids is 3. The first-order valence-corrected chi connectivity index (χ1v) is 16.1. The number of nitrogens with two attached hydrogens (primary N) is 1. The van der Waals surface area contributed by atoms with Gasteiger partial charge in [0.05, 0.1) is 11.1 Å². The molecule has 0 aliphatic carbocycles. The molecule has 0 atom stereocenters. The highest BCUT2D eigenvalue weighted by Crippen LogP contribution is 2.38. The van der Waals surface area contributed by atoms with E-state index < -0.39 is 5.91 Å². The number of piperidine rings is 1. The molecular weight excluding hydrogens is 584 g/mol. The number of anilines is 1. The number of hydrogen-bond donors (Lipinski definition) is 4. The molecule has 1 aliphatic heterocycles. The maximum Gasteiger partial charge on any atom is 0.284 e. The highest BCUT2D eigenvalue weighted by atomic mass is 32.1. The molecule has 0 bridgehead atoms. The molecule has 5 aromatic rings. The number of primary amides is 1. The van der Waals surface area contributed by atoms with Crippen molar-refractivity contribution in [3.63, 3.8) is 0 Å². The Bertz CT molecular complexity index is 1860. The summed E-state index contributed by atoms with van der Waals surface area (Å²) in [6.07, 6.45) is 5.75. The van der Waals surface area contributed by atoms with Gasteiger partial charge in [0.15, 0.2) is 5.01 Å². The van der Waals surface area contributed by atoms with Crippen molar-refractivity contribution in [2.45, 2.75) is 39.2 Å². The lowest BCUT2D eigenvalue weighted by Crippen LogP contribution is -2.34. The topological polar surface area (TPSA) is 133 Å². The number of amides is 3. The fraction of sp³-hybridized carbons (Fsp3) is 0.257. The lowest BCUT2D eigenvalue weighted by Gasteiger charge is -2.25. The van der Waals surface area contributed by atoms with Gasteiger partial charge >= 0.3 is 0 Å². The van der Waals surface area contributed by atoms with Crippen molar-refractivity contribution in [3.8, 4) is 22.4 Å². The maximum absolute atomic E-state index is 12.8. The number of fused-ring (bicyclic) bond motifs is 1. The summed E-state index contributed by atoms with van der Waals surface area (Å²) in [7, 11) is 0. The normalized spacial score (nSPS) is 13.5. The monoisotopic (exact) mass is 620 g/mol. The third kappa shape index (κ3) is 6.67. The summed E-state index contributed by atoms with van der Waals surface area (Å²) < 4.78 is 0. The Morgan fingerprint density at radius 2 is 1.78 bits per heavy atom. The summed E-state index contributed by atoms with van der Waals surface area (Å²) in [6.45, 7) is 5.26. The Kier molecular flexibility index (Phi) is 9.04. The highest BCUT2D eigenvalue weighted by molar-refractivity contribution is 7.11. The van der Waals surface area contributed by atoms with Crippen molar-refractivity contribution in [3.05, 3.63) is 93.9 Å². The maximum atomic E-state index is 12.8. The van der Waals surface area contributed by atoms with E-state index in [1.54, 1.807) is 17.6 Å². The third-order valence-electron chi connectivity index (χ3n) is 8.45. The van der Waals surface area contributed by atoms with E-state index >= 15 is 0 Å². The Morgan fingerprint density at radius 3 is 2.56 bits per heavy atom. The van der Waals surface area contributed by atoms with Crippen molar-refractivity contribution in [1.82, 2.24) is 20.2 Å². The Balaban J connectivity index is 1.30. The van der Waals surface area contributed by atoms with Crippen LogP contribution in [0.15, 0.2) is 72.2 Å². The predicted octanol–water partition coefficient (Wildman–Crippen LogP) is 6.11. The summed E-state index contributed by atoms with van der Waals surface area (Å²) in [4.78, 5) is 47.9. The van der Waals surface area contributed by atoms with Crippen LogP contribution < -0.4 is 16.4 Å². The smallest absolute Gasteiger partial charge is 0.284 e. The van der Waals surface area contributed by atoms with E-state index in [9.17, 15) is 14.4 Å². The summed E-state index contributed by atoms with van der Waals surface area (Å²) in [5.41, 5.74) is 12.9. The molecule has 45 heavy (non-hydrogen) atoms. The molecule has 0 saturated carbocycles. The molecule has 230 valence electrons. The first-order chi connectivity index (χ1) is 21.9. The van der Waals surface area contributed by atoms with Crippen LogP contribution in [0.3, 0.4) is 0 Å². The van der Waals surface area contributed by atoms with Gasteiger partial charge in [-0.15, -0.1) is 11.3 Å². The van der Waals surface area contributed by atoms with Gasteiger partial charge in [0.25, 0.3) is 11.8 Å². The average molecular weight is 621 g/mol. The highest BCUT2D eigenvalue weighted by Gasteiger charge is 2.19. The fourth-order valence-electron chi connectivity index (χ4n) is 6.04. The van der Waals surface area contributed by atoms with Crippen LogP contribution in [-0.4, -0.2) is 52.2 Å². The van der Waals surface area contributed by atoms with Gasteiger partial charge in [-0.05, 0) is 73.3 Å². The Morgan fingerprint density at radius 1 is 0.978 bits per heavy atom. The summed E-state index contributed by atoms with van der Waals surface area (Å²) in [5.74, 6) is -0.767. The van der Waals surface area contributed by atoms with Gasteiger partial charge in [-0.3, -0.25) is 14.4 Å². The molecule has 1 fully saturated rings. The van der Waals surface area contributed by atoms with Gasteiger partial charge in [-0.1, -0.05) is 48.9 Å². The van der Waals surface area contributed by atoms with Gasteiger partial charge in [0, 0.05) is 53.4 Å². The van der Waals surface area contributed by atoms with Crippen LogP contribution in [0.25, 0.3) is 33.3 Å². The van der Waals surface area contributed by atoms with Crippen molar-refractivity contribution in [2.24, 2.45) is 5.73 Å². The van der Waals surface area contributed by atoms with E-state index in [1.807, 2.05) is 61.5 Å². The fourth-order valence-corrected chi connectivity index (χ4v) is 6.57. The molecule has 0 spiro atoms. The number of hydrogen-bond acceptors (Lipinski definition) is 6. The third-order valence-corrected chi connectivity index (χ3v) is 9.22. The second-order valence-corrected chi connectivity index (χ2v) is 12.2. The molecule has 0 unspecified atom stereocenters. The Hall–Kier alpha value is -4.80. The lowest BCUT2D eigenvalue weighted by atomic mass is 9.94. The van der Waals surface area contributed by atoms with Crippen LogP contribution in [0.2, 0.25) is 0 Å². The molecule has 6 rings (SSSR count). The number of rotatable bonds is 10. The van der Waals surface area contributed by atoms with Gasteiger partial charge < -0.3 is 26.3 Å². The van der Waals surface area contributed by atoms with Crippen LogP contribution in [-0.2, 0) is 11.3 Å².